The zero-order valence-corrected chi connectivity index (χ0v) is 12.6. The lowest BCUT2D eigenvalue weighted by molar-refractivity contribution is -0.141. The van der Waals surface area contributed by atoms with Gasteiger partial charge in [0.15, 0.2) is 0 Å². The minimum atomic E-state index is -0.858. The van der Waals surface area contributed by atoms with Crippen LogP contribution in [0.15, 0.2) is 12.1 Å². The van der Waals surface area contributed by atoms with Gasteiger partial charge in [-0.1, -0.05) is 34.8 Å². The van der Waals surface area contributed by atoms with Crippen LogP contribution in [0, 0.1) is 11.8 Å². The Hall–Kier alpha value is -0.970. The van der Waals surface area contributed by atoms with Crippen molar-refractivity contribution in [1.29, 1.82) is 0 Å². The number of hydrogen-bond donors (Lipinski definition) is 2. The summed E-state index contributed by atoms with van der Waals surface area (Å²) >= 11 is 17.8. The first-order chi connectivity index (χ1) is 9.38. The topological polar surface area (TPSA) is 66.4 Å². The molecule has 1 saturated carbocycles. The summed E-state index contributed by atoms with van der Waals surface area (Å²) < 4.78 is 0. The lowest BCUT2D eigenvalue weighted by Gasteiger charge is -2.13. The SMILES string of the molecule is O=C(O)C1CCC(C(=O)Nc2c(Cl)cc(Cl)cc2Cl)C1. The monoisotopic (exact) mass is 335 g/mol. The quantitative estimate of drug-likeness (QED) is 0.874. The molecule has 2 atom stereocenters. The van der Waals surface area contributed by atoms with Gasteiger partial charge in [-0.25, -0.2) is 0 Å². The molecule has 2 rings (SSSR count). The Bertz CT molecular complexity index is 539. The van der Waals surface area contributed by atoms with Crippen LogP contribution in [-0.2, 0) is 9.59 Å². The average Bonchev–Trinajstić information content (AvgIpc) is 2.83. The molecule has 2 N–H and O–H groups in total. The van der Waals surface area contributed by atoms with E-state index in [4.69, 9.17) is 39.9 Å². The number of anilines is 1. The van der Waals surface area contributed by atoms with Crippen molar-refractivity contribution in [2.45, 2.75) is 19.3 Å². The van der Waals surface area contributed by atoms with Crippen LogP contribution < -0.4 is 5.32 Å². The van der Waals surface area contributed by atoms with Gasteiger partial charge < -0.3 is 10.4 Å². The fourth-order valence-electron chi connectivity index (χ4n) is 2.33. The maximum absolute atomic E-state index is 12.1. The Kier molecular flexibility index (Phi) is 4.78. The molecule has 1 aromatic rings. The maximum Gasteiger partial charge on any atom is 0.306 e. The third-order valence-electron chi connectivity index (χ3n) is 3.41. The van der Waals surface area contributed by atoms with Crippen molar-refractivity contribution in [3.05, 3.63) is 27.2 Å². The van der Waals surface area contributed by atoms with Crippen molar-refractivity contribution >= 4 is 52.4 Å². The lowest BCUT2D eigenvalue weighted by Crippen LogP contribution is -2.22. The molecule has 7 heteroatoms. The molecule has 0 aromatic heterocycles. The number of halogens is 3. The van der Waals surface area contributed by atoms with E-state index in [1.54, 1.807) is 0 Å². The van der Waals surface area contributed by atoms with Crippen molar-refractivity contribution in [3.8, 4) is 0 Å². The van der Waals surface area contributed by atoms with Gasteiger partial charge in [0, 0.05) is 10.9 Å². The van der Waals surface area contributed by atoms with Crippen LogP contribution in [0.3, 0.4) is 0 Å². The van der Waals surface area contributed by atoms with Gasteiger partial charge in [0.2, 0.25) is 5.91 Å². The summed E-state index contributed by atoms with van der Waals surface area (Å²) in [7, 11) is 0. The summed E-state index contributed by atoms with van der Waals surface area (Å²) in [5, 5.41) is 12.5. The second-order valence-corrected chi connectivity index (χ2v) is 6.03. The first-order valence-corrected chi connectivity index (χ1v) is 7.20. The number of hydrogen-bond acceptors (Lipinski definition) is 2. The highest BCUT2D eigenvalue weighted by Gasteiger charge is 2.34. The zero-order chi connectivity index (χ0) is 14.9. The minimum absolute atomic E-state index is 0.253. The molecule has 1 fully saturated rings. The lowest BCUT2D eigenvalue weighted by atomic mass is 10.0. The molecule has 2 unspecified atom stereocenters. The van der Waals surface area contributed by atoms with Gasteiger partial charge in [0.25, 0.3) is 0 Å². The molecule has 0 saturated heterocycles. The van der Waals surface area contributed by atoms with Crippen LogP contribution >= 0.6 is 34.8 Å². The van der Waals surface area contributed by atoms with Crippen LogP contribution in [0.25, 0.3) is 0 Å². The molecule has 4 nitrogen and oxygen atoms in total. The molecule has 0 bridgehead atoms. The smallest absolute Gasteiger partial charge is 0.306 e. The van der Waals surface area contributed by atoms with E-state index in [1.165, 1.54) is 12.1 Å². The Labute approximate surface area is 131 Å². The van der Waals surface area contributed by atoms with Gasteiger partial charge in [-0.3, -0.25) is 9.59 Å². The molecule has 1 aliphatic rings. The van der Waals surface area contributed by atoms with E-state index in [2.05, 4.69) is 5.32 Å². The summed E-state index contributed by atoms with van der Waals surface area (Å²) in [5.41, 5.74) is 0.307. The van der Waals surface area contributed by atoms with Gasteiger partial charge in [-0.15, -0.1) is 0 Å². The van der Waals surface area contributed by atoms with Crippen molar-refractivity contribution in [3.63, 3.8) is 0 Å². The second-order valence-electron chi connectivity index (χ2n) is 4.78. The molecular formula is C13H12Cl3NO3. The first-order valence-electron chi connectivity index (χ1n) is 6.06. The van der Waals surface area contributed by atoms with Gasteiger partial charge in [-0.05, 0) is 31.4 Å². The molecule has 0 aliphatic heterocycles. The van der Waals surface area contributed by atoms with Crippen LogP contribution in [0.1, 0.15) is 19.3 Å². The van der Waals surface area contributed by atoms with Crippen molar-refractivity contribution in [1.82, 2.24) is 0 Å². The summed E-state index contributed by atoms with van der Waals surface area (Å²) in [6.07, 6.45) is 1.39. The highest BCUT2D eigenvalue weighted by atomic mass is 35.5. The standard InChI is InChI=1S/C13H12Cl3NO3/c14-8-4-9(15)11(10(16)5-8)17-12(18)6-1-2-7(3-6)13(19)20/h4-7H,1-3H2,(H,17,18)(H,19,20). The summed E-state index contributed by atoms with van der Waals surface area (Å²) in [6.45, 7) is 0. The Balaban J connectivity index is 2.08. The van der Waals surface area contributed by atoms with Crippen LogP contribution in [0.4, 0.5) is 5.69 Å². The predicted molar refractivity (Wildman–Crippen MR) is 78.6 cm³/mol. The third-order valence-corrected chi connectivity index (χ3v) is 4.22. The van der Waals surface area contributed by atoms with Gasteiger partial charge in [-0.2, -0.15) is 0 Å². The molecular weight excluding hydrogens is 325 g/mol. The highest BCUT2D eigenvalue weighted by molar-refractivity contribution is 6.42. The molecule has 108 valence electrons. The number of carbonyl (C=O) groups excluding carboxylic acids is 1. The number of benzene rings is 1. The number of amides is 1. The van der Waals surface area contributed by atoms with E-state index >= 15 is 0 Å². The summed E-state index contributed by atoms with van der Waals surface area (Å²) in [4.78, 5) is 23.0. The molecule has 1 aliphatic carbocycles. The van der Waals surface area contributed by atoms with Crippen LogP contribution in [0.2, 0.25) is 15.1 Å². The Morgan fingerprint density at radius 1 is 1.10 bits per heavy atom. The maximum atomic E-state index is 12.1. The third kappa shape index (κ3) is 3.37. The molecule has 1 amide bonds. The van der Waals surface area contributed by atoms with E-state index in [9.17, 15) is 9.59 Å². The number of carbonyl (C=O) groups is 2. The molecule has 0 heterocycles. The number of aliphatic carboxylic acids is 1. The minimum Gasteiger partial charge on any atom is -0.481 e. The van der Waals surface area contributed by atoms with Gasteiger partial charge >= 0.3 is 5.97 Å². The van der Waals surface area contributed by atoms with Crippen molar-refractivity contribution in [2.75, 3.05) is 5.32 Å². The predicted octanol–water partition coefficient (Wildman–Crippen LogP) is 4.09. The molecule has 0 spiro atoms. The zero-order valence-electron chi connectivity index (χ0n) is 10.3. The van der Waals surface area contributed by atoms with E-state index in [1.807, 2.05) is 0 Å². The summed E-state index contributed by atoms with van der Waals surface area (Å²) in [6, 6.07) is 2.97. The largest absolute Gasteiger partial charge is 0.481 e. The Morgan fingerprint density at radius 2 is 1.65 bits per heavy atom. The fourth-order valence-corrected chi connectivity index (χ4v) is 3.24. The number of rotatable bonds is 3. The number of carboxylic acid groups (broad SMARTS) is 1. The van der Waals surface area contributed by atoms with E-state index < -0.39 is 11.9 Å². The van der Waals surface area contributed by atoms with Crippen molar-refractivity contribution < 1.29 is 14.7 Å². The summed E-state index contributed by atoms with van der Waals surface area (Å²) in [5.74, 6) is -1.91. The first kappa shape index (κ1) is 15.4. The number of nitrogens with one attached hydrogen (secondary N) is 1. The average molecular weight is 337 g/mol. The van der Waals surface area contributed by atoms with Gasteiger partial charge in [0.1, 0.15) is 0 Å². The van der Waals surface area contributed by atoms with Crippen LogP contribution in [-0.4, -0.2) is 17.0 Å². The normalized spacial score (nSPS) is 21.8. The van der Waals surface area contributed by atoms with Crippen molar-refractivity contribution in [2.24, 2.45) is 11.8 Å². The van der Waals surface area contributed by atoms with E-state index in [-0.39, 0.29) is 21.9 Å². The Morgan fingerprint density at radius 3 is 2.15 bits per heavy atom. The van der Waals surface area contributed by atoms with E-state index in [0.29, 0.717) is 30.0 Å². The van der Waals surface area contributed by atoms with Gasteiger partial charge in [0.05, 0.1) is 21.7 Å². The highest BCUT2D eigenvalue weighted by Crippen LogP contribution is 2.36. The molecule has 1 aromatic carbocycles. The van der Waals surface area contributed by atoms with E-state index in [0.717, 1.165) is 0 Å². The molecule has 0 radical (unpaired) electrons. The van der Waals surface area contributed by atoms with Crippen LogP contribution in [0.5, 0.6) is 0 Å². The second kappa shape index (κ2) is 6.20. The molecule has 20 heavy (non-hydrogen) atoms. The fraction of sp³-hybridized carbons (Fsp3) is 0.385. The number of carboxylic acids is 1.